The van der Waals surface area contributed by atoms with Crippen molar-refractivity contribution >= 4 is 29.3 Å². The van der Waals surface area contributed by atoms with E-state index in [0.29, 0.717) is 16.1 Å². The smallest absolute Gasteiger partial charge is 0.277 e. The lowest BCUT2D eigenvalue weighted by Gasteiger charge is -2.39. The van der Waals surface area contributed by atoms with Crippen LogP contribution in [0.15, 0.2) is 33.9 Å². The van der Waals surface area contributed by atoms with Crippen molar-refractivity contribution < 1.29 is 9.21 Å². The maximum Gasteiger partial charge on any atom is 0.277 e. The fraction of sp³-hybridized carbons (Fsp3) is 0.474. The summed E-state index contributed by atoms with van der Waals surface area (Å²) in [5.74, 6) is 0.250. The van der Waals surface area contributed by atoms with Crippen molar-refractivity contribution in [3.8, 4) is 17.5 Å². The van der Waals surface area contributed by atoms with Gasteiger partial charge in [-0.25, -0.2) is 0 Å². The van der Waals surface area contributed by atoms with E-state index in [2.05, 4.69) is 16.3 Å². The molecule has 142 valence electrons. The van der Waals surface area contributed by atoms with E-state index in [1.54, 1.807) is 37.1 Å². The molecule has 0 saturated heterocycles. The number of rotatable bonds is 5. The lowest BCUT2D eigenvalue weighted by Crippen LogP contribution is -2.52. The maximum atomic E-state index is 12.9. The molecule has 0 bridgehead atoms. The molecule has 2 aromatic rings. The molecule has 1 aromatic carbocycles. The average Bonchev–Trinajstić information content (AvgIpc) is 3.15. The lowest BCUT2D eigenvalue weighted by atomic mass is 9.81. The monoisotopic (exact) mass is 404 g/mol. The molecule has 1 atom stereocenters. The molecule has 0 N–H and O–H groups in total. The second kappa shape index (κ2) is 8.32. The highest BCUT2D eigenvalue weighted by molar-refractivity contribution is 8.00. The van der Waals surface area contributed by atoms with Gasteiger partial charge in [-0.1, -0.05) is 48.7 Å². The normalized spacial score (nSPS) is 17.1. The second-order valence-electron chi connectivity index (χ2n) is 6.74. The van der Waals surface area contributed by atoms with Crippen LogP contribution in [-0.4, -0.2) is 38.8 Å². The Labute approximate surface area is 167 Å². The molecule has 0 unspecified atom stereocenters. The zero-order valence-electron chi connectivity index (χ0n) is 15.3. The molecule has 1 aliphatic carbocycles. The number of hydrogen-bond donors (Lipinski definition) is 0. The zero-order valence-corrected chi connectivity index (χ0v) is 16.9. The van der Waals surface area contributed by atoms with Gasteiger partial charge in [-0.05, 0) is 38.0 Å². The number of aromatic nitrogens is 2. The summed E-state index contributed by atoms with van der Waals surface area (Å²) in [7, 11) is 1.72. The van der Waals surface area contributed by atoms with Crippen molar-refractivity contribution in [2.24, 2.45) is 0 Å². The summed E-state index contributed by atoms with van der Waals surface area (Å²) in [5.41, 5.74) is 0.0221. The Bertz CT molecular complexity index is 857. The third-order valence-electron chi connectivity index (χ3n) is 4.96. The standard InChI is InChI=1S/C19H21ClN4O2S/c1-13(17(25)24(2)19(12-21)9-4-3-5-10-19)27-18-23-22-16(26-18)14-7-6-8-15(20)11-14/h6-8,11,13H,3-5,9-10H2,1-2H3/t13-/m0/s1. The fourth-order valence-electron chi connectivity index (χ4n) is 3.34. The van der Waals surface area contributed by atoms with Gasteiger partial charge in [0.25, 0.3) is 5.22 Å². The van der Waals surface area contributed by atoms with Crippen molar-refractivity contribution in [2.75, 3.05) is 7.05 Å². The highest BCUT2D eigenvalue weighted by atomic mass is 35.5. The van der Waals surface area contributed by atoms with Crippen LogP contribution in [0, 0.1) is 11.3 Å². The first-order valence-corrected chi connectivity index (χ1v) is 10.2. The molecule has 3 rings (SSSR count). The van der Waals surface area contributed by atoms with Crippen LogP contribution in [0.25, 0.3) is 11.5 Å². The number of nitriles is 1. The quantitative estimate of drug-likeness (QED) is 0.679. The van der Waals surface area contributed by atoms with Crippen LogP contribution in [0.2, 0.25) is 5.02 Å². The minimum absolute atomic E-state index is 0.106. The first kappa shape index (κ1) is 19.7. The van der Waals surface area contributed by atoms with E-state index >= 15 is 0 Å². The maximum absolute atomic E-state index is 12.9. The van der Waals surface area contributed by atoms with Crippen LogP contribution in [0.3, 0.4) is 0 Å². The van der Waals surface area contributed by atoms with Gasteiger partial charge in [-0.2, -0.15) is 5.26 Å². The zero-order chi connectivity index (χ0) is 19.4. The molecule has 1 saturated carbocycles. The van der Waals surface area contributed by atoms with Gasteiger partial charge < -0.3 is 9.32 Å². The minimum Gasteiger partial charge on any atom is -0.411 e. The lowest BCUT2D eigenvalue weighted by molar-refractivity contribution is -0.133. The molecular weight excluding hydrogens is 384 g/mol. The molecule has 1 heterocycles. The van der Waals surface area contributed by atoms with Crippen molar-refractivity contribution in [1.29, 1.82) is 5.26 Å². The summed E-state index contributed by atoms with van der Waals surface area (Å²) in [5, 5.41) is 18.2. The van der Waals surface area contributed by atoms with E-state index in [1.165, 1.54) is 11.8 Å². The van der Waals surface area contributed by atoms with E-state index in [4.69, 9.17) is 16.0 Å². The third-order valence-corrected chi connectivity index (χ3v) is 6.12. The second-order valence-corrected chi connectivity index (χ2v) is 8.47. The SMILES string of the molecule is C[C@H](Sc1nnc(-c2cccc(Cl)c2)o1)C(=O)N(C)C1(C#N)CCCCC1. The van der Waals surface area contributed by atoms with Gasteiger partial charge in [0.1, 0.15) is 5.54 Å². The van der Waals surface area contributed by atoms with E-state index in [1.807, 2.05) is 6.07 Å². The van der Waals surface area contributed by atoms with Crippen molar-refractivity contribution in [2.45, 2.75) is 55.0 Å². The molecule has 6 nitrogen and oxygen atoms in total. The Hall–Kier alpha value is -2.04. The van der Waals surface area contributed by atoms with E-state index in [0.717, 1.165) is 37.7 Å². The summed E-state index contributed by atoms with van der Waals surface area (Å²) in [6.07, 6.45) is 4.51. The summed E-state index contributed by atoms with van der Waals surface area (Å²) < 4.78 is 5.67. The fourth-order valence-corrected chi connectivity index (χ4v) is 4.31. The van der Waals surface area contributed by atoms with Crippen LogP contribution < -0.4 is 0 Å². The summed E-state index contributed by atoms with van der Waals surface area (Å²) in [4.78, 5) is 14.5. The van der Waals surface area contributed by atoms with Crippen LogP contribution in [0.1, 0.15) is 39.0 Å². The molecular formula is C19H21ClN4O2S. The largest absolute Gasteiger partial charge is 0.411 e. The average molecular weight is 405 g/mol. The van der Waals surface area contributed by atoms with Gasteiger partial charge in [0.15, 0.2) is 0 Å². The number of amides is 1. The van der Waals surface area contributed by atoms with Crippen LogP contribution in [0.5, 0.6) is 0 Å². The van der Waals surface area contributed by atoms with Crippen LogP contribution >= 0.6 is 23.4 Å². The van der Waals surface area contributed by atoms with Gasteiger partial charge in [0, 0.05) is 17.6 Å². The predicted octanol–water partition coefficient (Wildman–Crippen LogP) is 4.56. The Morgan fingerprint density at radius 3 is 2.78 bits per heavy atom. The number of carbonyl (C=O) groups excluding carboxylic acids is 1. The Balaban J connectivity index is 1.69. The van der Waals surface area contributed by atoms with E-state index < -0.39 is 10.8 Å². The number of nitrogens with zero attached hydrogens (tertiary/aromatic N) is 4. The van der Waals surface area contributed by atoms with Gasteiger partial charge >= 0.3 is 0 Å². The summed E-state index contributed by atoms with van der Waals surface area (Å²) in [6.45, 7) is 1.79. The van der Waals surface area contributed by atoms with Gasteiger partial charge in [-0.3, -0.25) is 4.79 Å². The number of hydrogen-bond acceptors (Lipinski definition) is 6. The van der Waals surface area contributed by atoms with Gasteiger partial charge in [0.05, 0.1) is 11.3 Å². The van der Waals surface area contributed by atoms with Crippen LogP contribution in [-0.2, 0) is 4.79 Å². The number of benzene rings is 1. The first-order chi connectivity index (χ1) is 12.9. The Morgan fingerprint density at radius 2 is 2.11 bits per heavy atom. The molecule has 1 fully saturated rings. The van der Waals surface area contributed by atoms with Crippen molar-refractivity contribution in [1.82, 2.24) is 15.1 Å². The van der Waals surface area contributed by atoms with Crippen molar-refractivity contribution in [3.05, 3.63) is 29.3 Å². The van der Waals surface area contributed by atoms with E-state index in [-0.39, 0.29) is 5.91 Å². The highest BCUT2D eigenvalue weighted by Gasteiger charge is 2.40. The van der Waals surface area contributed by atoms with Crippen molar-refractivity contribution in [3.63, 3.8) is 0 Å². The minimum atomic E-state index is -0.703. The van der Waals surface area contributed by atoms with Crippen LogP contribution in [0.4, 0.5) is 0 Å². The molecule has 0 aliphatic heterocycles. The number of carbonyl (C=O) groups is 1. The third kappa shape index (κ3) is 4.28. The topological polar surface area (TPSA) is 83.0 Å². The molecule has 8 heteroatoms. The molecule has 27 heavy (non-hydrogen) atoms. The molecule has 0 radical (unpaired) electrons. The molecule has 1 aromatic heterocycles. The summed E-state index contributed by atoms with van der Waals surface area (Å²) >= 11 is 7.19. The highest BCUT2D eigenvalue weighted by Crippen LogP contribution is 2.35. The van der Waals surface area contributed by atoms with Gasteiger partial charge in [-0.15, -0.1) is 10.2 Å². The Morgan fingerprint density at radius 1 is 1.37 bits per heavy atom. The number of thioether (sulfide) groups is 1. The Kier molecular flexibility index (Phi) is 6.08. The predicted molar refractivity (Wildman–Crippen MR) is 104 cm³/mol. The molecule has 1 aliphatic rings. The molecule has 1 amide bonds. The number of halogens is 1. The summed E-state index contributed by atoms with van der Waals surface area (Å²) in [6, 6.07) is 9.53. The first-order valence-electron chi connectivity index (χ1n) is 8.90. The molecule has 0 spiro atoms. The van der Waals surface area contributed by atoms with E-state index in [9.17, 15) is 10.1 Å². The van der Waals surface area contributed by atoms with Gasteiger partial charge in [0.2, 0.25) is 11.8 Å².